The zero-order valence-corrected chi connectivity index (χ0v) is 20.4. The molecule has 0 bridgehead atoms. The number of hydrogen-bond acceptors (Lipinski definition) is 8. The van der Waals surface area contributed by atoms with E-state index in [4.69, 9.17) is 24.1 Å². The number of aliphatic carboxylic acids is 1. The topological polar surface area (TPSA) is 141 Å². The summed E-state index contributed by atoms with van der Waals surface area (Å²) in [7, 11) is 0. The lowest BCUT2D eigenvalue weighted by Crippen LogP contribution is -2.52. The normalized spacial score (nSPS) is 17.4. The molecule has 0 radical (unpaired) electrons. The van der Waals surface area contributed by atoms with Crippen LogP contribution < -0.4 is 5.32 Å². The highest BCUT2D eigenvalue weighted by molar-refractivity contribution is 6.05. The standard InChI is InChI=1S/C25H34N2O9/c28-22-6-5-21(24(31)26-22)27-17-19-16-18(3-4-20(19)25(27)32)2-1-8-33-10-12-35-14-15-36-13-11-34-9-7-23(29)30/h3-4,16,21H,1-2,5-15,17H2,(H,29,30)(H,26,28,31). The molecule has 3 amide bonds. The van der Waals surface area contributed by atoms with Crippen molar-refractivity contribution >= 4 is 23.7 Å². The van der Waals surface area contributed by atoms with Gasteiger partial charge in [0.25, 0.3) is 5.91 Å². The van der Waals surface area contributed by atoms with Crippen LogP contribution >= 0.6 is 0 Å². The minimum Gasteiger partial charge on any atom is -0.481 e. The molecule has 1 aromatic rings. The highest BCUT2D eigenvalue weighted by Gasteiger charge is 2.38. The number of fused-ring (bicyclic) bond motifs is 1. The first-order valence-corrected chi connectivity index (χ1v) is 12.2. The van der Waals surface area contributed by atoms with Crippen LogP contribution in [0.5, 0.6) is 0 Å². The number of carbonyl (C=O) groups excluding carboxylic acids is 3. The molecule has 0 aliphatic carbocycles. The molecule has 2 aliphatic heterocycles. The lowest BCUT2D eigenvalue weighted by atomic mass is 10.0. The molecule has 3 rings (SSSR count). The molecule has 2 heterocycles. The van der Waals surface area contributed by atoms with Crippen LogP contribution in [0.2, 0.25) is 0 Å². The van der Waals surface area contributed by atoms with Crippen molar-refractivity contribution in [2.75, 3.05) is 52.9 Å². The van der Waals surface area contributed by atoms with Crippen molar-refractivity contribution in [3.63, 3.8) is 0 Å². The quantitative estimate of drug-likeness (QED) is 0.233. The smallest absolute Gasteiger partial charge is 0.305 e. The molecule has 2 aliphatic rings. The second-order valence-electron chi connectivity index (χ2n) is 8.59. The Hall–Kier alpha value is -2.86. The van der Waals surface area contributed by atoms with Gasteiger partial charge < -0.3 is 29.0 Å². The summed E-state index contributed by atoms with van der Waals surface area (Å²) in [5.41, 5.74) is 2.63. The van der Waals surface area contributed by atoms with Crippen molar-refractivity contribution in [2.24, 2.45) is 0 Å². The second kappa shape index (κ2) is 14.6. The summed E-state index contributed by atoms with van der Waals surface area (Å²) < 4.78 is 21.5. The van der Waals surface area contributed by atoms with E-state index < -0.39 is 17.9 Å². The molecule has 1 unspecified atom stereocenters. The van der Waals surface area contributed by atoms with Gasteiger partial charge in [0, 0.05) is 25.1 Å². The summed E-state index contributed by atoms with van der Waals surface area (Å²) in [5.74, 6) is -1.74. The number of piperidine rings is 1. The summed E-state index contributed by atoms with van der Waals surface area (Å²) in [5, 5.41) is 10.8. The molecular weight excluding hydrogens is 472 g/mol. The molecule has 11 nitrogen and oxygen atoms in total. The second-order valence-corrected chi connectivity index (χ2v) is 8.59. The summed E-state index contributed by atoms with van der Waals surface area (Å²) in [4.78, 5) is 48.2. The number of aryl methyl sites for hydroxylation is 1. The predicted molar refractivity (Wildman–Crippen MR) is 126 cm³/mol. The number of carboxylic acids is 1. The third kappa shape index (κ3) is 8.66. The Bertz CT molecular complexity index is 921. The highest BCUT2D eigenvalue weighted by Crippen LogP contribution is 2.28. The monoisotopic (exact) mass is 506 g/mol. The van der Waals surface area contributed by atoms with Gasteiger partial charge in [0.05, 0.1) is 52.7 Å². The van der Waals surface area contributed by atoms with Crippen LogP contribution in [-0.4, -0.2) is 92.6 Å². The lowest BCUT2D eigenvalue weighted by Gasteiger charge is -2.29. The van der Waals surface area contributed by atoms with Gasteiger partial charge in [-0.25, -0.2) is 0 Å². The number of hydrogen-bond donors (Lipinski definition) is 2. The van der Waals surface area contributed by atoms with Crippen LogP contribution in [0.4, 0.5) is 0 Å². The number of ether oxygens (including phenoxy) is 4. The van der Waals surface area contributed by atoms with E-state index in [1.807, 2.05) is 18.2 Å². The minimum absolute atomic E-state index is 0.0112. The summed E-state index contributed by atoms with van der Waals surface area (Å²) in [6.45, 7) is 3.73. The van der Waals surface area contributed by atoms with Crippen LogP contribution in [-0.2, 0) is 46.3 Å². The lowest BCUT2D eigenvalue weighted by molar-refractivity contribution is -0.139. The molecule has 36 heavy (non-hydrogen) atoms. The van der Waals surface area contributed by atoms with Gasteiger partial charge in [-0.3, -0.25) is 24.5 Å². The molecule has 11 heteroatoms. The number of nitrogens with one attached hydrogen (secondary N) is 1. The predicted octanol–water partition coefficient (Wildman–Crippen LogP) is 0.921. The Morgan fingerprint density at radius 3 is 2.22 bits per heavy atom. The van der Waals surface area contributed by atoms with Crippen LogP contribution in [0.15, 0.2) is 18.2 Å². The molecule has 0 aromatic heterocycles. The number of benzene rings is 1. The first-order chi connectivity index (χ1) is 17.5. The highest BCUT2D eigenvalue weighted by atomic mass is 16.6. The molecule has 1 saturated heterocycles. The van der Waals surface area contributed by atoms with Gasteiger partial charge in [-0.15, -0.1) is 0 Å². The van der Waals surface area contributed by atoms with Gasteiger partial charge in [0.2, 0.25) is 11.8 Å². The van der Waals surface area contributed by atoms with Crippen molar-refractivity contribution in [2.45, 2.75) is 44.7 Å². The SMILES string of the molecule is O=C(O)CCOCCOCCOCCOCCCc1ccc2c(c1)CN(C1CCC(=O)NC1=O)C2=O. The largest absolute Gasteiger partial charge is 0.481 e. The first-order valence-electron chi connectivity index (χ1n) is 12.2. The fourth-order valence-electron chi connectivity index (χ4n) is 4.08. The van der Waals surface area contributed by atoms with Crippen molar-refractivity contribution in [3.05, 3.63) is 34.9 Å². The van der Waals surface area contributed by atoms with Crippen molar-refractivity contribution in [1.29, 1.82) is 0 Å². The number of imide groups is 1. The molecule has 1 aromatic carbocycles. The molecule has 2 N–H and O–H groups in total. The average molecular weight is 507 g/mol. The van der Waals surface area contributed by atoms with E-state index in [2.05, 4.69) is 5.32 Å². The Kier molecular flexibility index (Phi) is 11.3. The Morgan fingerprint density at radius 1 is 0.944 bits per heavy atom. The third-order valence-electron chi connectivity index (χ3n) is 5.92. The van der Waals surface area contributed by atoms with E-state index >= 15 is 0 Å². The zero-order valence-electron chi connectivity index (χ0n) is 20.4. The first kappa shape index (κ1) is 27.7. The van der Waals surface area contributed by atoms with Crippen LogP contribution in [0, 0.1) is 0 Å². The maximum atomic E-state index is 12.7. The minimum atomic E-state index is -0.882. The van der Waals surface area contributed by atoms with Gasteiger partial charge in [-0.05, 0) is 36.5 Å². The van der Waals surface area contributed by atoms with Gasteiger partial charge in [-0.2, -0.15) is 0 Å². The van der Waals surface area contributed by atoms with Gasteiger partial charge in [0.1, 0.15) is 6.04 Å². The van der Waals surface area contributed by atoms with E-state index in [1.165, 1.54) is 0 Å². The number of rotatable bonds is 17. The molecular formula is C25H34N2O9. The van der Waals surface area contributed by atoms with Gasteiger partial charge in [0.15, 0.2) is 0 Å². The van der Waals surface area contributed by atoms with E-state index in [1.54, 1.807) is 4.90 Å². The number of nitrogens with zero attached hydrogens (tertiary/aromatic N) is 1. The van der Waals surface area contributed by atoms with Crippen molar-refractivity contribution in [3.8, 4) is 0 Å². The van der Waals surface area contributed by atoms with E-state index in [0.717, 1.165) is 24.0 Å². The summed E-state index contributed by atoms with van der Waals surface area (Å²) in [6, 6.07) is 5.17. The van der Waals surface area contributed by atoms with E-state index in [9.17, 15) is 19.2 Å². The molecule has 0 spiro atoms. The van der Waals surface area contributed by atoms with Crippen LogP contribution in [0.25, 0.3) is 0 Å². The fraction of sp³-hybridized carbons (Fsp3) is 0.600. The van der Waals surface area contributed by atoms with Crippen LogP contribution in [0.3, 0.4) is 0 Å². The van der Waals surface area contributed by atoms with Gasteiger partial charge >= 0.3 is 5.97 Å². The Balaban J connectivity index is 1.22. The number of amides is 3. The summed E-state index contributed by atoms with van der Waals surface area (Å²) in [6.07, 6.45) is 2.23. The van der Waals surface area contributed by atoms with Crippen molar-refractivity contribution < 1.29 is 43.2 Å². The van der Waals surface area contributed by atoms with E-state index in [-0.39, 0.29) is 31.3 Å². The van der Waals surface area contributed by atoms with Crippen molar-refractivity contribution in [1.82, 2.24) is 10.2 Å². The molecule has 0 saturated carbocycles. The maximum Gasteiger partial charge on any atom is 0.305 e. The van der Waals surface area contributed by atoms with Gasteiger partial charge in [-0.1, -0.05) is 12.1 Å². The zero-order chi connectivity index (χ0) is 25.8. The molecule has 198 valence electrons. The number of carbonyl (C=O) groups is 4. The summed E-state index contributed by atoms with van der Waals surface area (Å²) >= 11 is 0. The molecule has 1 fully saturated rings. The molecule has 1 atom stereocenters. The third-order valence-corrected chi connectivity index (χ3v) is 5.92. The number of carboxylic acid groups (broad SMARTS) is 1. The van der Waals surface area contributed by atoms with Crippen LogP contribution in [0.1, 0.15) is 47.2 Å². The fourth-order valence-corrected chi connectivity index (χ4v) is 4.08. The van der Waals surface area contributed by atoms with E-state index in [0.29, 0.717) is 64.8 Å². The Labute approximate surface area is 210 Å². The maximum absolute atomic E-state index is 12.7. The Morgan fingerprint density at radius 2 is 1.58 bits per heavy atom. The average Bonchev–Trinajstić information content (AvgIpc) is 3.16.